The van der Waals surface area contributed by atoms with Crippen molar-refractivity contribution in [2.45, 2.75) is 19.5 Å². The molecule has 0 amide bonds. The van der Waals surface area contributed by atoms with Crippen LogP contribution in [0.5, 0.6) is 0 Å². The quantitative estimate of drug-likeness (QED) is 0.812. The average Bonchev–Trinajstić information content (AvgIpc) is 2.85. The summed E-state index contributed by atoms with van der Waals surface area (Å²) in [7, 11) is 0. The highest BCUT2D eigenvalue weighted by Crippen LogP contribution is 2.18. The summed E-state index contributed by atoms with van der Waals surface area (Å²) in [5.41, 5.74) is 4.54. The van der Waals surface area contributed by atoms with Gasteiger partial charge in [-0.2, -0.15) is 15.3 Å². The van der Waals surface area contributed by atoms with Crippen LogP contribution in [-0.4, -0.2) is 20.4 Å². The molecule has 0 aromatic carbocycles. The summed E-state index contributed by atoms with van der Waals surface area (Å²) < 4.78 is 0. The number of halogens is 1. The van der Waals surface area contributed by atoms with E-state index in [1.54, 1.807) is 6.20 Å². The second-order valence-electron chi connectivity index (χ2n) is 3.62. The summed E-state index contributed by atoms with van der Waals surface area (Å²) in [5.74, 6) is 0. The van der Waals surface area contributed by atoms with Gasteiger partial charge in [-0.05, 0) is 12.1 Å². The van der Waals surface area contributed by atoms with E-state index in [2.05, 4.69) is 25.7 Å². The second kappa shape index (κ2) is 4.59. The van der Waals surface area contributed by atoms with Gasteiger partial charge in [0.15, 0.2) is 0 Å². The van der Waals surface area contributed by atoms with Gasteiger partial charge in [0, 0.05) is 37.0 Å². The van der Waals surface area contributed by atoms with Gasteiger partial charge < -0.3 is 5.32 Å². The first-order valence-corrected chi connectivity index (χ1v) is 4.96. The first kappa shape index (κ1) is 11.0. The van der Waals surface area contributed by atoms with Crippen molar-refractivity contribution in [2.75, 3.05) is 0 Å². The van der Waals surface area contributed by atoms with Crippen molar-refractivity contribution in [1.29, 1.82) is 0 Å². The van der Waals surface area contributed by atoms with Crippen molar-refractivity contribution in [3.05, 3.63) is 41.0 Å². The number of nitrogens with zero attached hydrogens (tertiary/aromatic N) is 3. The maximum Gasteiger partial charge on any atom is 0.0808 e. The molecule has 2 N–H and O–H groups in total. The van der Waals surface area contributed by atoms with Crippen LogP contribution in [-0.2, 0) is 19.5 Å². The van der Waals surface area contributed by atoms with Crippen LogP contribution in [0.15, 0.2) is 18.3 Å². The fourth-order valence-electron chi connectivity index (χ4n) is 1.86. The van der Waals surface area contributed by atoms with Gasteiger partial charge in [-0.25, -0.2) is 0 Å². The number of aromatic nitrogens is 4. The first-order valence-electron chi connectivity index (χ1n) is 4.96. The Bertz CT molecular complexity index is 467. The highest BCUT2D eigenvalue weighted by molar-refractivity contribution is 5.85. The molecular weight excluding hydrogens is 226 g/mol. The van der Waals surface area contributed by atoms with Crippen molar-refractivity contribution in [3.63, 3.8) is 0 Å². The van der Waals surface area contributed by atoms with E-state index >= 15 is 0 Å². The monoisotopic (exact) mass is 237 g/mol. The minimum Gasteiger partial charge on any atom is -0.307 e. The molecule has 2 aromatic rings. The molecule has 0 fully saturated rings. The Morgan fingerprint density at radius 3 is 3.06 bits per heavy atom. The maximum atomic E-state index is 4.26. The lowest BCUT2D eigenvalue weighted by atomic mass is 10.1. The number of hydrogen-bond acceptors (Lipinski definition) is 4. The normalized spacial score (nSPS) is 13.2. The lowest BCUT2D eigenvalue weighted by molar-refractivity contribution is 0.732. The number of hydrogen-bond donors (Lipinski definition) is 2. The third-order valence-electron chi connectivity index (χ3n) is 2.62. The van der Waals surface area contributed by atoms with E-state index < -0.39 is 0 Å². The molecule has 0 spiro atoms. The van der Waals surface area contributed by atoms with Crippen LogP contribution in [0.2, 0.25) is 0 Å². The molecule has 5 nitrogen and oxygen atoms in total. The Morgan fingerprint density at radius 1 is 1.31 bits per heavy atom. The summed E-state index contributed by atoms with van der Waals surface area (Å²) in [4.78, 5) is 0. The van der Waals surface area contributed by atoms with Gasteiger partial charge in [0.25, 0.3) is 0 Å². The highest BCUT2D eigenvalue weighted by atomic mass is 35.5. The van der Waals surface area contributed by atoms with Crippen LogP contribution in [0, 0.1) is 0 Å². The predicted molar refractivity (Wildman–Crippen MR) is 61.2 cm³/mol. The fraction of sp³-hybridized carbons (Fsp3) is 0.300. The number of fused-ring (bicyclic) bond motifs is 1. The molecule has 1 aliphatic heterocycles. The van der Waals surface area contributed by atoms with Gasteiger partial charge in [-0.3, -0.25) is 5.10 Å². The number of rotatable bonds is 2. The third kappa shape index (κ3) is 1.91. The standard InChI is InChI=1S/C10H11N5.ClH/c1-2-7(13-12-3-1)4-9-8-5-11-6-10(8)15-14-9;/h1-3,11H,4-6H2,(H,14,15);1H. The first-order chi connectivity index (χ1) is 7.43. The van der Waals surface area contributed by atoms with Crippen LogP contribution >= 0.6 is 12.4 Å². The Kier molecular flexibility index (Phi) is 3.17. The fourth-order valence-corrected chi connectivity index (χ4v) is 1.86. The Balaban J connectivity index is 0.000000963. The molecule has 6 heteroatoms. The molecule has 16 heavy (non-hydrogen) atoms. The maximum absolute atomic E-state index is 4.26. The van der Waals surface area contributed by atoms with E-state index in [1.165, 1.54) is 5.56 Å². The van der Waals surface area contributed by atoms with Gasteiger partial charge in [0.05, 0.1) is 11.4 Å². The van der Waals surface area contributed by atoms with E-state index in [0.29, 0.717) is 0 Å². The minimum atomic E-state index is 0. The Morgan fingerprint density at radius 2 is 2.25 bits per heavy atom. The zero-order valence-electron chi connectivity index (χ0n) is 8.60. The van der Waals surface area contributed by atoms with Crippen molar-refractivity contribution >= 4 is 12.4 Å². The van der Waals surface area contributed by atoms with E-state index in [4.69, 9.17) is 0 Å². The Labute approximate surface area is 99.1 Å². The van der Waals surface area contributed by atoms with Crippen LogP contribution in [0.1, 0.15) is 22.6 Å². The molecule has 3 rings (SSSR count). The van der Waals surface area contributed by atoms with Crippen molar-refractivity contribution in [2.24, 2.45) is 0 Å². The molecule has 0 radical (unpaired) electrons. The molecule has 0 unspecified atom stereocenters. The van der Waals surface area contributed by atoms with E-state index in [9.17, 15) is 0 Å². The molecule has 84 valence electrons. The number of nitrogens with one attached hydrogen (secondary N) is 2. The highest BCUT2D eigenvalue weighted by Gasteiger charge is 2.18. The molecule has 0 bridgehead atoms. The zero-order chi connectivity index (χ0) is 10.1. The van der Waals surface area contributed by atoms with E-state index in [1.807, 2.05) is 12.1 Å². The van der Waals surface area contributed by atoms with Gasteiger partial charge in [0.1, 0.15) is 0 Å². The zero-order valence-corrected chi connectivity index (χ0v) is 9.42. The van der Waals surface area contributed by atoms with Crippen molar-refractivity contribution < 1.29 is 0 Å². The largest absolute Gasteiger partial charge is 0.307 e. The summed E-state index contributed by atoms with van der Waals surface area (Å²) >= 11 is 0. The van der Waals surface area contributed by atoms with Crippen LogP contribution in [0.4, 0.5) is 0 Å². The molecule has 2 aromatic heterocycles. The second-order valence-corrected chi connectivity index (χ2v) is 3.62. The lowest BCUT2D eigenvalue weighted by Gasteiger charge is -1.98. The van der Waals surface area contributed by atoms with E-state index in [-0.39, 0.29) is 12.4 Å². The molecule has 3 heterocycles. The molecule has 0 saturated heterocycles. The third-order valence-corrected chi connectivity index (χ3v) is 2.62. The minimum absolute atomic E-state index is 0. The topological polar surface area (TPSA) is 66.5 Å². The molecule has 1 aliphatic rings. The van der Waals surface area contributed by atoms with E-state index in [0.717, 1.165) is 36.6 Å². The summed E-state index contributed by atoms with van der Waals surface area (Å²) in [6.07, 6.45) is 2.46. The SMILES string of the molecule is Cl.c1cnnc(Cc2[nH]nc3c2CNC3)c1. The number of aromatic amines is 1. The van der Waals surface area contributed by atoms with Crippen molar-refractivity contribution in [1.82, 2.24) is 25.7 Å². The molecule has 0 aliphatic carbocycles. The summed E-state index contributed by atoms with van der Waals surface area (Å²) in [6.45, 7) is 1.77. The predicted octanol–water partition coefficient (Wildman–Crippen LogP) is 0.816. The van der Waals surface area contributed by atoms with Crippen LogP contribution in [0.25, 0.3) is 0 Å². The summed E-state index contributed by atoms with van der Waals surface area (Å²) in [6, 6.07) is 3.87. The van der Waals surface area contributed by atoms with Crippen molar-refractivity contribution in [3.8, 4) is 0 Å². The van der Waals surface area contributed by atoms with Gasteiger partial charge in [0.2, 0.25) is 0 Å². The molecular formula is C10H12ClN5. The van der Waals surface area contributed by atoms with Crippen LogP contribution < -0.4 is 5.32 Å². The summed E-state index contributed by atoms with van der Waals surface area (Å²) in [5, 5.41) is 18.5. The smallest absolute Gasteiger partial charge is 0.0808 e. The van der Waals surface area contributed by atoms with Crippen LogP contribution in [0.3, 0.4) is 0 Å². The van der Waals surface area contributed by atoms with Gasteiger partial charge >= 0.3 is 0 Å². The Hall–Kier alpha value is -1.46. The average molecular weight is 238 g/mol. The lowest BCUT2D eigenvalue weighted by Crippen LogP contribution is -2.04. The number of H-pyrrole nitrogens is 1. The van der Waals surface area contributed by atoms with Gasteiger partial charge in [-0.1, -0.05) is 0 Å². The molecule has 0 saturated carbocycles. The molecule has 0 atom stereocenters. The van der Waals surface area contributed by atoms with Gasteiger partial charge in [-0.15, -0.1) is 12.4 Å².